The van der Waals surface area contributed by atoms with E-state index in [2.05, 4.69) is 5.32 Å². The molecule has 3 nitrogen and oxygen atoms in total. The van der Waals surface area contributed by atoms with Crippen LogP contribution in [0.2, 0.25) is 0 Å². The summed E-state index contributed by atoms with van der Waals surface area (Å²) < 4.78 is 5.39. The summed E-state index contributed by atoms with van der Waals surface area (Å²) in [6.45, 7) is 4.67. The van der Waals surface area contributed by atoms with Gasteiger partial charge in [0.2, 0.25) is 0 Å². The SMILES string of the molecule is CCOc1ccc([C@H](O)C2CCNCC2)cc1. The van der Waals surface area contributed by atoms with Gasteiger partial charge in [0.15, 0.2) is 0 Å². The quantitative estimate of drug-likeness (QED) is 0.840. The summed E-state index contributed by atoms with van der Waals surface area (Å²) in [5, 5.41) is 13.6. The van der Waals surface area contributed by atoms with Crippen molar-refractivity contribution in [2.45, 2.75) is 25.9 Å². The van der Waals surface area contributed by atoms with Gasteiger partial charge in [0, 0.05) is 0 Å². The van der Waals surface area contributed by atoms with Gasteiger partial charge in [0.25, 0.3) is 0 Å². The molecule has 1 atom stereocenters. The number of aliphatic hydroxyl groups is 1. The summed E-state index contributed by atoms with van der Waals surface area (Å²) >= 11 is 0. The van der Waals surface area contributed by atoms with Gasteiger partial charge in [0.05, 0.1) is 12.7 Å². The van der Waals surface area contributed by atoms with Crippen molar-refractivity contribution in [1.82, 2.24) is 5.32 Å². The summed E-state index contributed by atoms with van der Waals surface area (Å²) in [6.07, 6.45) is 1.76. The van der Waals surface area contributed by atoms with Crippen molar-refractivity contribution in [3.8, 4) is 5.75 Å². The van der Waals surface area contributed by atoms with Crippen molar-refractivity contribution < 1.29 is 9.84 Å². The molecule has 0 aliphatic carbocycles. The van der Waals surface area contributed by atoms with Crippen LogP contribution < -0.4 is 10.1 Å². The molecule has 1 heterocycles. The van der Waals surface area contributed by atoms with Crippen LogP contribution in [0, 0.1) is 5.92 Å². The second kappa shape index (κ2) is 6.03. The Hall–Kier alpha value is -1.06. The van der Waals surface area contributed by atoms with E-state index in [0.29, 0.717) is 12.5 Å². The molecule has 1 aromatic rings. The highest BCUT2D eigenvalue weighted by Crippen LogP contribution is 2.29. The molecule has 17 heavy (non-hydrogen) atoms. The zero-order valence-corrected chi connectivity index (χ0v) is 10.4. The average Bonchev–Trinajstić information content (AvgIpc) is 2.40. The van der Waals surface area contributed by atoms with E-state index < -0.39 is 0 Å². The molecule has 0 aromatic heterocycles. The van der Waals surface area contributed by atoms with Gasteiger partial charge in [-0.2, -0.15) is 0 Å². The van der Waals surface area contributed by atoms with Crippen LogP contribution >= 0.6 is 0 Å². The molecule has 3 heteroatoms. The average molecular weight is 235 g/mol. The number of piperidine rings is 1. The molecule has 1 saturated heterocycles. The maximum atomic E-state index is 10.3. The van der Waals surface area contributed by atoms with Crippen LogP contribution in [0.3, 0.4) is 0 Å². The molecule has 0 saturated carbocycles. The zero-order valence-electron chi connectivity index (χ0n) is 10.4. The fourth-order valence-electron chi connectivity index (χ4n) is 2.36. The van der Waals surface area contributed by atoms with Crippen molar-refractivity contribution in [1.29, 1.82) is 0 Å². The molecule has 0 bridgehead atoms. The number of nitrogens with one attached hydrogen (secondary N) is 1. The van der Waals surface area contributed by atoms with E-state index in [1.54, 1.807) is 0 Å². The molecule has 0 amide bonds. The Kier molecular flexibility index (Phi) is 4.40. The monoisotopic (exact) mass is 235 g/mol. The molecule has 2 rings (SSSR count). The van der Waals surface area contributed by atoms with E-state index in [1.165, 1.54) is 0 Å². The molecule has 0 radical (unpaired) electrons. The molecule has 1 aliphatic heterocycles. The van der Waals surface area contributed by atoms with Crippen molar-refractivity contribution in [2.24, 2.45) is 5.92 Å². The minimum Gasteiger partial charge on any atom is -0.494 e. The summed E-state index contributed by atoms with van der Waals surface area (Å²) in [5.74, 6) is 1.25. The van der Waals surface area contributed by atoms with Crippen molar-refractivity contribution >= 4 is 0 Å². The molecule has 1 aromatic carbocycles. The van der Waals surface area contributed by atoms with E-state index in [9.17, 15) is 5.11 Å². The van der Waals surface area contributed by atoms with Crippen molar-refractivity contribution in [2.75, 3.05) is 19.7 Å². The van der Waals surface area contributed by atoms with Gasteiger partial charge in [0.1, 0.15) is 5.75 Å². The predicted molar refractivity (Wildman–Crippen MR) is 68.2 cm³/mol. The Balaban J connectivity index is 2.00. The molecule has 94 valence electrons. The summed E-state index contributed by atoms with van der Waals surface area (Å²) in [7, 11) is 0. The molecule has 1 fully saturated rings. The summed E-state index contributed by atoms with van der Waals surface area (Å²) in [6, 6.07) is 7.81. The van der Waals surface area contributed by atoms with E-state index in [-0.39, 0.29) is 6.10 Å². The van der Waals surface area contributed by atoms with Gasteiger partial charge in [-0.1, -0.05) is 12.1 Å². The predicted octanol–water partition coefficient (Wildman–Crippen LogP) is 2.12. The van der Waals surface area contributed by atoms with Crippen LogP contribution in [0.1, 0.15) is 31.4 Å². The van der Waals surface area contributed by atoms with Gasteiger partial charge < -0.3 is 15.2 Å². The highest BCUT2D eigenvalue weighted by molar-refractivity contribution is 5.28. The highest BCUT2D eigenvalue weighted by Gasteiger charge is 2.22. The van der Waals surface area contributed by atoms with Crippen LogP contribution in [0.4, 0.5) is 0 Å². The molecular formula is C14H21NO2. The highest BCUT2D eigenvalue weighted by atomic mass is 16.5. The van der Waals surface area contributed by atoms with Crippen LogP contribution in [-0.2, 0) is 0 Å². The van der Waals surface area contributed by atoms with Crippen molar-refractivity contribution in [3.63, 3.8) is 0 Å². The Morgan fingerprint density at radius 1 is 1.29 bits per heavy atom. The number of hydrogen-bond donors (Lipinski definition) is 2. The Morgan fingerprint density at radius 2 is 1.94 bits per heavy atom. The first-order valence-electron chi connectivity index (χ1n) is 6.43. The molecular weight excluding hydrogens is 214 g/mol. The van der Waals surface area contributed by atoms with Crippen LogP contribution in [-0.4, -0.2) is 24.8 Å². The molecule has 1 aliphatic rings. The lowest BCUT2D eigenvalue weighted by atomic mass is 9.88. The summed E-state index contributed by atoms with van der Waals surface area (Å²) in [5.41, 5.74) is 1.00. The smallest absolute Gasteiger partial charge is 0.119 e. The maximum Gasteiger partial charge on any atom is 0.119 e. The first-order chi connectivity index (χ1) is 8.31. The van der Waals surface area contributed by atoms with E-state index in [4.69, 9.17) is 4.74 Å². The number of hydrogen-bond acceptors (Lipinski definition) is 3. The Morgan fingerprint density at radius 3 is 2.53 bits per heavy atom. The molecule has 2 N–H and O–H groups in total. The molecule has 0 spiro atoms. The number of aliphatic hydroxyl groups excluding tert-OH is 1. The number of rotatable bonds is 4. The van der Waals surface area contributed by atoms with E-state index in [1.807, 2.05) is 31.2 Å². The molecule has 0 unspecified atom stereocenters. The fraction of sp³-hybridized carbons (Fsp3) is 0.571. The van der Waals surface area contributed by atoms with Crippen LogP contribution in [0.25, 0.3) is 0 Å². The fourth-order valence-corrected chi connectivity index (χ4v) is 2.36. The third-order valence-corrected chi connectivity index (χ3v) is 3.36. The number of benzene rings is 1. The lowest BCUT2D eigenvalue weighted by Crippen LogP contribution is -2.30. The Bertz CT molecular complexity index is 331. The lowest BCUT2D eigenvalue weighted by Gasteiger charge is -2.27. The third kappa shape index (κ3) is 3.20. The first kappa shape index (κ1) is 12.4. The maximum absolute atomic E-state index is 10.3. The van der Waals surface area contributed by atoms with Crippen LogP contribution in [0.5, 0.6) is 5.75 Å². The second-order valence-electron chi connectivity index (χ2n) is 4.53. The van der Waals surface area contributed by atoms with E-state index in [0.717, 1.165) is 37.2 Å². The largest absolute Gasteiger partial charge is 0.494 e. The van der Waals surface area contributed by atoms with Gasteiger partial charge in [-0.25, -0.2) is 0 Å². The lowest BCUT2D eigenvalue weighted by molar-refractivity contribution is 0.0889. The zero-order chi connectivity index (χ0) is 12.1. The van der Waals surface area contributed by atoms with Gasteiger partial charge >= 0.3 is 0 Å². The first-order valence-corrected chi connectivity index (χ1v) is 6.43. The van der Waals surface area contributed by atoms with Gasteiger partial charge in [-0.3, -0.25) is 0 Å². The van der Waals surface area contributed by atoms with E-state index >= 15 is 0 Å². The normalized spacial score (nSPS) is 18.9. The minimum absolute atomic E-state index is 0.340. The second-order valence-corrected chi connectivity index (χ2v) is 4.53. The Labute approximate surface area is 103 Å². The standard InChI is InChI=1S/C14H21NO2/c1-2-17-13-5-3-11(4-6-13)14(16)12-7-9-15-10-8-12/h3-6,12,14-16H,2,7-10H2,1H3/t14-/m0/s1. The van der Waals surface area contributed by atoms with Gasteiger partial charge in [-0.15, -0.1) is 0 Å². The third-order valence-electron chi connectivity index (χ3n) is 3.36. The van der Waals surface area contributed by atoms with Gasteiger partial charge in [-0.05, 0) is 56.5 Å². The topological polar surface area (TPSA) is 41.5 Å². The minimum atomic E-state index is -0.340. The number of ether oxygens (including phenoxy) is 1. The van der Waals surface area contributed by atoms with Crippen molar-refractivity contribution in [3.05, 3.63) is 29.8 Å². The van der Waals surface area contributed by atoms with Crippen LogP contribution in [0.15, 0.2) is 24.3 Å². The summed E-state index contributed by atoms with van der Waals surface area (Å²) in [4.78, 5) is 0.